The fourth-order valence-corrected chi connectivity index (χ4v) is 1.48. The Morgan fingerprint density at radius 3 is 1.62 bits per heavy atom. The van der Waals surface area contributed by atoms with Crippen LogP contribution < -0.4 is 0 Å². The number of hydrogen-bond donors (Lipinski definition) is 0. The van der Waals surface area contributed by atoms with Crippen molar-refractivity contribution in [2.75, 3.05) is 0 Å². The summed E-state index contributed by atoms with van der Waals surface area (Å²) >= 11 is 0. The van der Waals surface area contributed by atoms with Crippen molar-refractivity contribution in [2.45, 2.75) is 20.0 Å². The van der Waals surface area contributed by atoms with Gasteiger partial charge in [0.05, 0.1) is 8.80 Å². The standard InChI is InChI=1S/C7H14Si/c1-6(2)7(3)8(4)5/h8H,1,3H2,2,4-5H3. The Kier molecular flexibility index (Phi) is 2.76. The van der Waals surface area contributed by atoms with Crippen LogP contribution in [0.3, 0.4) is 0 Å². The van der Waals surface area contributed by atoms with Gasteiger partial charge in [0.2, 0.25) is 0 Å². The van der Waals surface area contributed by atoms with Crippen LogP contribution in [-0.4, -0.2) is 8.80 Å². The monoisotopic (exact) mass is 126 g/mol. The maximum absolute atomic E-state index is 3.92. The van der Waals surface area contributed by atoms with Crippen molar-refractivity contribution in [3.05, 3.63) is 23.9 Å². The van der Waals surface area contributed by atoms with E-state index in [1.807, 2.05) is 6.92 Å². The summed E-state index contributed by atoms with van der Waals surface area (Å²) in [7, 11) is -0.617. The molecule has 0 radical (unpaired) electrons. The second kappa shape index (κ2) is 2.87. The van der Waals surface area contributed by atoms with Gasteiger partial charge in [-0.3, -0.25) is 0 Å². The average Bonchev–Trinajstić information content (AvgIpc) is 1.64. The van der Waals surface area contributed by atoms with Crippen LogP contribution in [0.15, 0.2) is 23.9 Å². The van der Waals surface area contributed by atoms with Crippen molar-refractivity contribution in [3.63, 3.8) is 0 Å². The lowest BCUT2D eigenvalue weighted by Crippen LogP contribution is -2.04. The molecule has 0 nitrogen and oxygen atoms in total. The van der Waals surface area contributed by atoms with E-state index in [-0.39, 0.29) is 0 Å². The highest BCUT2D eigenvalue weighted by atomic mass is 28.3. The van der Waals surface area contributed by atoms with Crippen LogP contribution >= 0.6 is 0 Å². The van der Waals surface area contributed by atoms with Crippen molar-refractivity contribution in [3.8, 4) is 0 Å². The molecule has 46 valence electrons. The van der Waals surface area contributed by atoms with E-state index in [1.54, 1.807) is 0 Å². The van der Waals surface area contributed by atoms with Crippen LogP contribution in [0, 0.1) is 0 Å². The normalized spacial score (nSPS) is 9.50. The predicted octanol–water partition coefficient (Wildman–Crippen LogP) is 2.14. The SMILES string of the molecule is C=C(C)C(=C)[SiH](C)C. The molecule has 0 spiro atoms. The summed E-state index contributed by atoms with van der Waals surface area (Å²) < 4.78 is 0. The highest BCUT2D eigenvalue weighted by molar-refractivity contribution is 6.65. The van der Waals surface area contributed by atoms with Gasteiger partial charge >= 0.3 is 0 Å². The van der Waals surface area contributed by atoms with Crippen LogP contribution in [-0.2, 0) is 0 Å². The second-order valence-electron chi connectivity index (χ2n) is 2.46. The van der Waals surface area contributed by atoms with E-state index in [0.717, 1.165) is 5.57 Å². The van der Waals surface area contributed by atoms with Gasteiger partial charge in [-0.05, 0) is 6.92 Å². The predicted molar refractivity (Wildman–Crippen MR) is 42.8 cm³/mol. The van der Waals surface area contributed by atoms with E-state index in [4.69, 9.17) is 0 Å². The van der Waals surface area contributed by atoms with Gasteiger partial charge in [-0.1, -0.05) is 37.0 Å². The zero-order chi connectivity index (χ0) is 6.73. The minimum absolute atomic E-state index is 0.617. The molecule has 0 aromatic heterocycles. The summed E-state index contributed by atoms with van der Waals surface area (Å²) in [5.41, 5.74) is 1.16. The van der Waals surface area contributed by atoms with E-state index in [9.17, 15) is 0 Å². The Bertz CT molecular complexity index is 112. The summed E-state index contributed by atoms with van der Waals surface area (Å²) in [6, 6.07) is 0. The topological polar surface area (TPSA) is 0 Å². The minimum Gasteiger partial charge on any atom is -0.0999 e. The first-order valence-electron chi connectivity index (χ1n) is 2.90. The highest BCUT2D eigenvalue weighted by Gasteiger charge is 1.99. The Labute approximate surface area is 53.5 Å². The van der Waals surface area contributed by atoms with E-state index < -0.39 is 8.80 Å². The van der Waals surface area contributed by atoms with Crippen molar-refractivity contribution in [1.29, 1.82) is 0 Å². The maximum atomic E-state index is 3.92. The molecule has 1 heteroatoms. The van der Waals surface area contributed by atoms with Crippen LogP contribution in [0.2, 0.25) is 13.1 Å². The Morgan fingerprint density at radius 2 is 1.62 bits per heavy atom. The largest absolute Gasteiger partial charge is 0.0999 e. The lowest BCUT2D eigenvalue weighted by molar-refractivity contribution is 1.52. The molecule has 0 heterocycles. The summed E-state index contributed by atoms with van der Waals surface area (Å²) in [6.07, 6.45) is 0. The fourth-order valence-electron chi connectivity index (χ4n) is 0.493. The molecule has 8 heavy (non-hydrogen) atoms. The summed E-state index contributed by atoms with van der Waals surface area (Å²) in [5, 5.41) is 1.30. The third-order valence-electron chi connectivity index (χ3n) is 1.25. The van der Waals surface area contributed by atoms with Gasteiger partial charge in [0.15, 0.2) is 0 Å². The number of allylic oxidation sites excluding steroid dienone is 2. The Hall–Kier alpha value is -0.303. The van der Waals surface area contributed by atoms with E-state index in [0.29, 0.717) is 0 Å². The quantitative estimate of drug-likeness (QED) is 0.393. The molecule has 0 aromatic carbocycles. The summed E-state index contributed by atoms with van der Waals surface area (Å²) in [4.78, 5) is 0. The summed E-state index contributed by atoms with van der Waals surface area (Å²) in [6.45, 7) is 14.3. The molecule has 0 aliphatic rings. The van der Waals surface area contributed by atoms with E-state index in [1.165, 1.54) is 5.20 Å². The van der Waals surface area contributed by atoms with Crippen LogP contribution in [0.4, 0.5) is 0 Å². The molecule has 0 aromatic rings. The average molecular weight is 126 g/mol. The van der Waals surface area contributed by atoms with E-state index in [2.05, 4.69) is 26.3 Å². The third kappa shape index (κ3) is 2.12. The molecule has 0 atom stereocenters. The first-order chi connectivity index (χ1) is 3.55. The van der Waals surface area contributed by atoms with Gasteiger partial charge in [-0.25, -0.2) is 0 Å². The molecule has 0 unspecified atom stereocenters. The smallest absolute Gasteiger partial charge is 0.0642 e. The van der Waals surface area contributed by atoms with Crippen LogP contribution in [0.25, 0.3) is 0 Å². The lowest BCUT2D eigenvalue weighted by Gasteiger charge is -2.05. The molecule has 0 aliphatic heterocycles. The minimum atomic E-state index is -0.617. The Balaban J connectivity index is 3.84. The van der Waals surface area contributed by atoms with Crippen molar-refractivity contribution in [1.82, 2.24) is 0 Å². The molecule has 0 saturated heterocycles. The van der Waals surface area contributed by atoms with Gasteiger partial charge in [-0.15, -0.1) is 0 Å². The zero-order valence-corrected chi connectivity index (χ0v) is 7.15. The molecular formula is C7H14Si. The maximum Gasteiger partial charge on any atom is 0.0642 e. The first kappa shape index (κ1) is 7.70. The van der Waals surface area contributed by atoms with E-state index >= 15 is 0 Å². The van der Waals surface area contributed by atoms with Gasteiger partial charge in [0.25, 0.3) is 0 Å². The molecule has 0 fully saturated rings. The third-order valence-corrected chi connectivity index (χ3v) is 3.13. The molecule has 0 bridgehead atoms. The first-order valence-corrected chi connectivity index (χ1v) is 5.79. The molecule has 0 saturated carbocycles. The number of rotatable bonds is 2. The molecule has 0 rings (SSSR count). The zero-order valence-electron chi connectivity index (χ0n) is 5.99. The number of hydrogen-bond acceptors (Lipinski definition) is 0. The molecule has 0 aliphatic carbocycles. The van der Waals surface area contributed by atoms with Crippen molar-refractivity contribution >= 4 is 8.80 Å². The molecular weight excluding hydrogens is 112 g/mol. The fraction of sp³-hybridized carbons (Fsp3) is 0.429. The highest BCUT2D eigenvalue weighted by Crippen LogP contribution is 2.06. The van der Waals surface area contributed by atoms with Gasteiger partial charge in [0.1, 0.15) is 0 Å². The van der Waals surface area contributed by atoms with Gasteiger partial charge < -0.3 is 0 Å². The van der Waals surface area contributed by atoms with Crippen molar-refractivity contribution < 1.29 is 0 Å². The lowest BCUT2D eigenvalue weighted by atomic mass is 10.3. The van der Waals surface area contributed by atoms with Crippen molar-refractivity contribution in [2.24, 2.45) is 0 Å². The van der Waals surface area contributed by atoms with Gasteiger partial charge in [0, 0.05) is 0 Å². The van der Waals surface area contributed by atoms with Gasteiger partial charge in [-0.2, -0.15) is 0 Å². The molecule has 0 amide bonds. The van der Waals surface area contributed by atoms with Crippen LogP contribution in [0.1, 0.15) is 6.92 Å². The Morgan fingerprint density at radius 1 is 1.25 bits per heavy atom. The second-order valence-corrected chi connectivity index (χ2v) is 5.47. The summed E-state index contributed by atoms with van der Waals surface area (Å²) in [5.74, 6) is 0. The van der Waals surface area contributed by atoms with Crippen LogP contribution in [0.5, 0.6) is 0 Å². The molecule has 0 N–H and O–H groups in total.